The summed E-state index contributed by atoms with van der Waals surface area (Å²) in [6.07, 6.45) is 1.44. The number of furan rings is 1. The van der Waals surface area contributed by atoms with E-state index in [2.05, 4.69) is 25.8 Å². The molecule has 3 aromatic heterocycles. The number of thiazole rings is 1. The number of aryl methyl sites for hydroxylation is 2. The fraction of sp³-hybridized carbons (Fsp3) is 0.312. The molecule has 0 aliphatic heterocycles. The first-order valence-electron chi connectivity index (χ1n) is 8.00. The van der Waals surface area contributed by atoms with E-state index in [4.69, 9.17) is 4.42 Å². The molecule has 0 aliphatic carbocycles. The molecular formula is C16H18N6O3S2. The van der Waals surface area contributed by atoms with Crippen molar-refractivity contribution in [2.24, 2.45) is 7.05 Å². The maximum atomic E-state index is 12.1. The summed E-state index contributed by atoms with van der Waals surface area (Å²) in [7, 11) is 1.78. The van der Waals surface area contributed by atoms with Crippen LogP contribution in [0.1, 0.15) is 27.0 Å². The lowest BCUT2D eigenvalue weighted by atomic mass is 10.4. The predicted octanol–water partition coefficient (Wildman–Crippen LogP) is 2.14. The third-order valence-electron chi connectivity index (χ3n) is 3.68. The van der Waals surface area contributed by atoms with Gasteiger partial charge in [0.2, 0.25) is 5.91 Å². The van der Waals surface area contributed by atoms with Crippen LogP contribution in [0.25, 0.3) is 0 Å². The Labute approximate surface area is 163 Å². The Bertz CT molecular complexity index is 928. The molecule has 0 atom stereocenters. The van der Waals surface area contributed by atoms with Crippen LogP contribution < -0.4 is 10.6 Å². The highest BCUT2D eigenvalue weighted by Gasteiger charge is 2.14. The fourth-order valence-corrected chi connectivity index (χ4v) is 3.65. The molecule has 3 rings (SSSR count). The molecule has 2 N–H and O–H groups in total. The van der Waals surface area contributed by atoms with Crippen LogP contribution in [0.2, 0.25) is 0 Å². The van der Waals surface area contributed by atoms with Crippen LogP contribution in [0.4, 0.5) is 5.13 Å². The zero-order valence-electron chi connectivity index (χ0n) is 15.0. The summed E-state index contributed by atoms with van der Waals surface area (Å²) in [5, 5.41) is 14.8. The number of thioether (sulfide) groups is 1. The van der Waals surface area contributed by atoms with Gasteiger partial charge in [0, 0.05) is 11.9 Å². The molecule has 2 amide bonds. The second-order valence-corrected chi connectivity index (χ2v) is 7.76. The van der Waals surface area contributed by atoms with Crippen molar-refractivity contribution >= 4 is 40.0 Å². The van der Waals surface area contributed by atoms with E-state index in [0.717, 1.165) is 10.6 Å². The number of nitrogens with one attached hydrogen (secondary N) is 2. The minimum absolute atomic E-state index is 0.163. The van der Waals surface area contributed by atoms with Crippen molar-refractivity contribution < 1.29 is 14.0 Å². The van der Waals surface area contributed by atoms with Crippen molar-refractivity contribution in [2.45, 2.75) is 25.5 Å². The Hall–Kier alpha value is -2.66. The molecule has 11 heteroatoms. The van der Waals surface area contributed by atoms with E-state index in [0.29, 0.717) is 16.1 Å². The summed E-state index contributed by atoms with van der Waals surface area (Å²) in [4.78, 5) is 29.3. The first-order valence-corrected chi connectivity index (χ1v) is 9.81. The average molecular weight is 406 g/mol. The molecule has 0 radical (unpaired) electrons. The van der Waals surface area contributed by atoms with Crippen molar-refractivity contribution in [3.05, 3.63) is 40.6 Å². The molecule has 27 heavy (non-hydrogen) atoms. The molecule has 3 aromatic rings. The Morgan fingerprint density at radius 3 is 2.81 bits per heavy atom. The van der Waals surface area contributed by atoms with Gasteiger partial charge in [0.1, 0.15) is 0 Å². The third kappa shape index (κ3) is 4.74. The molecular weight excluding hydrogens is 388 g/mol. The van der Waals surface area contributed by atoms with Crippen molar-refractivity contribution in [1.82, 2.24) is 25.1 Å². The zero-order valence-corrected chi connectivity index (χ0v) is 16.6. The highest BCUT2D eigenvalue weighted by Crippen LogP contribution is 2.22. The first-order chi connectivity index (χ1) is 12.9. The summed E-state index contributed by atoms with van der Waals surface area (Å²) < 4.78 is 6.77. The number of nitrogens with zero attached hydrogens (tertiary/aromatic N) is 4. The van der Waals surface area contributed by atoms with Gasteiger partial charge in [-0.2, -0.15) is 0 Å². The minimum atomic E-state index is -0.328. The van der Waals surface area contributed by atoms with E-state index >= 15 is 0 Å². The van der Waals surface area contributed by atoms with E-state index in [1.165, 1.54) is 29.4 Å². The van der Waals surface area contributed by atoms with Crippen LogP contribution in [-0.4, -0.2) is 37.3 Å². The highest BCUT2D eigenvalue weighted by atomic mass is 32.2. The number of rotatable bonds is 7. The fourth-order valence-electron chi connectivity index (χ4n) is 2.09. The molecule has 3 heterocycles. The van der Waals surface area contributed by atoms with Crippen LogP contribution in [-0.2, 0) is 18.4 Å². The number of aromatic nitrogens is 4. The quantitative estimate of drug-likeness (QED) is 0.578. The van der Waals surface area contributed by atoms with Crippen molar-refractivity contribution in [3.63, 3.8) is 0 Å². The monoisotopic (exact) mass is 406 g/mol. The van der Waals surface area contributed by atoms with Crippen LogP contribution in [0.3, 0.4) is 0 Å². The van der Waals surface area contributed by atoms with E-state index in [9.17, 15) is 9.59 Å². The average Bonchev–Trinajstić information content (AvgIpc) is 3.34. The Morgan fingerprint density at radius 2 is 2.15 bits per heavy atom. The number of anilines is 1. The molecule has 0 aromatic carbocycles. The summed E-state index contributed by atoms with van der Waals surface area (Å²) in [5.74, 6) is 0.498. The molecule has 142 valence electrons. The predicted molar refractivity (Wildman–Crippen MR) is 102 cm³/mol. The van der Waals surface area contributed by atoms with Crippen LogP contribution in [0.15, 0.2) is 28.0 Å². The second kappa shape index (κ2) is 8.35. The first kappa shape index (κ1) is 19.1. The van der Waals surface area contributed by atoms with Gasteiger partial charge in [0.15, 0.2) is 21.9 Å². The van der Waals surface area contributed by atoms with Crippen LogP contribution >= 0.6 is 23.1 Å². The van der Waals surface area contributed by atoms with Gasteiger partial charge in [-0.3, -0.25) is 9.59 Å². The molecule has 0 saturated heterocycles. The SMILES string of the molecule is Cc1nc(NC(=O)CSc2nnc(CNC(=O)c3ccco3)n2C)sc1C. The van der Waals surface area contributed by atoms with Gasteiger partial charge in [-0.15, -0.1) is 21.5 Å². The molecule has 0 spiro atoms. The van der Waals surface area contributed by atoms with Crippen LogP contribution in [0, 0.1) is 13.8 Å². The highest BCUT2D eigenvalue weighted by molar-refractivity contribution is 7.99. The molecule has 0 bridgehead atoms. The Balaban J connectivity index is 1.51. The van der Waals surface area contributed by atoms with Crippen molar-refractivity contribution in [1.29, 1.82) is 0 Å². The lowest BCUT2D eigenvalue weighted by molar-refractivity contribution is -0.113. The maximum absolute atomic E-state index is 12.1. The second-order valence-electron chi connectivity index (χ2n) is 5.62. The number of amides is 2. The van der Waals surface area contributed by atoms with Crippen LogP contribution in [0.5, 0.6) is 0 Å². The lowest BCUT2D eigenvalue weighted by Crippen LogP contribution is -2.24. The maximum Gasteiger partial charge on any atom is 0.287 e. The van der Waals surface area contributed by atoms with Gasteiger partial charge >= 0.3 is 0 Å². The minimum Gasteiger partial charge on any atom is -0.459 e. The van der Waals surface area contributed by atoms with E-state index < -0.39 is 0 Å². The van der Waals surface area contributed by atoms with Gasteiger partial charge < -0.3 is 19.6 Å². The Morgan fingerprint density at radius 1 is 1.33 bits per heavy atom. The molecule has 0 saturated carbocycles. The molecule has 9 nitrogen and oxygen atoms in total. The number of hydrogen-bond donors (Lipinski definition) is 2. The van der Waals surface area contributed by atoms with Gasteiger partial charge in [0.25, 0.3) is 5.91 Å². The van der Waals surface area contributed by atoms with E-state index in [1.807, 2.05) is 13.8 Å². The summed E-state index contributed by atoms with van der Waals surface area (Å²) in [6.45, 7) is 4.07. The lowest BCUT2D eigenvalue weighted by Gasteiger charge is -2.05. The van der Waals surface area contributed by atoms with Gasteiger partial charge in [-0.05, 0) is 26.0 Å². The van der Waals surface area contributed by atoms with E-state index in [1.54, 1.807) is 23.7 Å². The third-order valence-corrected chi connectivity index (χ3v) is 5.69. The molecule has 0 fully saturated rings. The summed E-state index contributed by atoms with van der Waals surface area (Å²) in [5.41, 5.74) is 0.914. The van der Waals surface area contributed by atoms with Gasteiger partial charge in [0.05, 0.1) is 24.3 Å². The normalized spacial score (nSPS) is 10.8. The number of carbonyl (C=O) groups excluding carboxylic acids is 2. The smallest absolute Gasteiger partial charge is 0.287 e. The van der Waals surface area contributed by atoms with Gasteiger partial charge in [-0.25, -0.2) is 4.98 Å². The number of carbonyl (C=O) groups is 2. The van der Waals surface area contributed by atoms with Gasteiger partial charge in [-0.1, -0.05) is 11.8 Å². The summed E-state index contributed by atoms with van der Waals surface area (Å²) >= 11 is 2.71. The zero-order chi connectivity index (χ0) is 19.4. The topological polar surface area (TPSA) is 115 Å². The Kier molecular flexibility index (Phi) is 5.91. The van der Waals surface area contributed by atoms with E-state index in [-0.39, 0.29) is 29.9 Å². The van der Waals surface area contributed by atoms with Crippen molar-refractivity contribution in [2.75, 3.05) is 11.1 Å². The molecule has 0 aliphatic rings. The largest absolute Gasteiger partial charge is 0.459 e. The van der Waals surface area contributed by atoms with Crippen molar-refractivity contribution in [3.8, 4) is 0 Å². The summed E-state index contributed by atoms with van der Waals surface area (Å²) in [6, 6.07) is 3.22. The standard InChI is InChI=1S/C16H18N6O3S2/c1-9-10(2)27-15(18-9)19-13(23)8-26-16-21-20-12(22(16)3)7-17-14(24)11-5-4-6-25-11/h4-6H,7-8H2,1-3H3,(H,17,24)(H,18,19,23). The number of hydrogen-bond acceptors (Lipinski definition) is 8. The molecule has 0 unspecified atom stereocenters.